The number of hydrogen-bond acceptors (Lipinski definition) is 1. The molecule has 2 rings (SSSR count). The Morgan fingerprint density at radius 2 is 1.94 bits per heavy atom. The van der Waals surface area contributed by atoms with Crippen LogP contribution >= 0.6 is 11.6 Å². The minimum Gasteiger partial charge on any atom is -0.250 e. The van der Waals surface area contributed by atoms with Crippen molar-refractivity contribution >= 4 is 11.6 Å². The predicted octanol–water partition coefficient (Wildman–Crippen LogP) is 4.48. The van der Waals surface area contributed by atoms with Crippen LogP contribution in [0.4, 0.5) is 0 Å². The molecule has 0 fully saturated rings. The molecule has 17 heavy (non-hydrogen) atoms. The van der Waals surface area contributed by atoms with Gasteiger partial charge in [-0.05, 0) is 20.3 Å². The van der Waals surface area contributed by atoms with Gasteiger partial charge in [-0.2, -0.15) is 5.10 Å². The molecular weight excluding hydrogens is 232 g/mol. The summed E-state index contributed by atoms with van der Waals surface area (Å²) in [5.41, 5.74) is 3.16. The summed E-state index contributed by atoms with van der Waals surface area (Å²) in [5, 5.41) is 5.38. The SMILES string of the molecule is CCC(C)n1nc(-c2ccccc2)c(C)c1Cl. The zero-order valence-corrected chi connectivity index (χ0v) is 11.2. The van der Waals surface area contributed by atoms with Gasteiger partial charge in [0.15, 0.2) is 0 Å². The zero-order chi connectivity index (χ0) is 12.4. The molecule has 1 unspecified atom stereocenters. The molecule has 90 valence electrons. The van der Waals surface area contributed by atoms with Crippen LogP contribution in [0.15, 0.2) is 30.3 Å². The lowest BCUT2D eigenvalue weighted by Crippen LogP contribution is -2.05. The molecular formula is C14H17ClN2. The molecule has 2 nitrogen and oxygen atoms in total. The zero-order valence-electron chi connectivity index (χ0n) is 10.4. The van der Waals surface area contributed by atoms with Crippen molar-refractivity contribution in [2.75, 3.05) is 0 Å². The summed E-state index contributed by atoms with van der Waals surface area (Å²) in [4.78, 5) is 0. The van der Waals surface area contributed by atoms with Crippen molar-refractivity contribution < 1.29 is 0 Å². The molecule has 1 atom stereocenters. The van der Waals surface area contributed by atoms with Gasteiger partial charge in [0, 0.05) is 11.1 Å². The van der Waals surface area contributed by atoms with Crippen molar-refractivity contribution in [2.45, 2.75) is 33.2 Å². The Hall–Kier alpha value is -1.28. The number of halogens is 1. The average molecular weight is 249 g/mol. The van der Waals surface area contributed by atoms with E-state index in [4.69, 9.17) is 11.6 Å². The van der Waals surface area contributed by atoms with Gasteiger partial charge in [0.1, 0.15) is 5.15 Å². The smallest absolute Gasteiger partial charge is 0.130 e. The third-order valence-corrected chi connectivity index (χ3v) is 3.59. The lowest BCUT2D eigenvalue weighted by atomic mass is 10.1. The van der Waals surface area contributed by atoms with E-state index in [1.165, 1.54) is 0 Å². The second-order valence-corrected chi connectivity index (χ2v) is 4.69. The highest BCUT2D eigenvalue weighted by atomic mass is 35.5. The van der Waals surface area contributed by atoms with Gasteiger partial charge in [0.25, 0.3) is 0 Å². The van der Waals surface area contributed by atoms with Gasteiger partial charge in [0.05, 0.1) is 11.7 Å². The topological polar surface area (TPSA) is 17.8 Å². The molecule has 0 amide bonds. The molecule has 1 heterocycles. The van der Waals surface area contributed by atoms with E-state index in [0.29, 0.717) is 6.04 Å². The lowest BCUT2D eigenvalue weighted by molar-refractivity contribution is 0.479. The number of rotatable bonds is 3. The van der Waals surface area contributed by atoms with Crippen LogP contribution < -0.4 is 0 Å². The fourth-order valence-electron chi connectivity index (χ4n) is 1.83. The summed E-state index contributed by atoms with van der Waals surface area (Å²) in [7, 11) is 0. The van der Waals surface area contributed by atoms with Crippen LogP contribution in [-0.2, 0) is 0 Å². The second-order valence-electron chi connectivity index (χ2n) is 4.33. The molecule has 0 N–H and O–H groups in total. The highest BCUT2D eigenvalue weighted by molar-refractivity contribution is 6.30. The first-order valence-electron chi connectivity index (χ1n) is 5.95. The van der Waals surface area contributed by atoms with Gasteiger partial charge in [-0.3, -0.25) is 4.68 Å². The largest absolute Gasteiger partial charge is 0.250 e. The monoisotopic (exact) mass is 248 g/mol. The van der Waals surface area contributed by atoms with Crippen LogP contribution in [0.1, 0.15) is 31.9 Å². The first-order chi connectivity index (χ1) is 8.15. The fraction of sp³-hybridized carbons (Fsp3) is 0.357. The van der Waals surface area contributed by atoms with Crippen molar-refractivity contribution in [1.29, 1.82) is 0 Å². The molecule has 0 spiro atoms. The van der Waals surface area contributed by atoms with E-state index in [1.807, 2.05) is 29.8 Å². The second kappa shape index (κ2) is 4.92. The average Bonchev–Trinajstić information content (AvgIpc) is 2.67. The summed E-state index contributed by atoms with van der Waals surface area (Å²) >= 11 is 6.34. The highest BCUT2D eigenvalue weighted by Crippen LogP contribution is 2.30. The molecule has 0 saturated heterocycles. The number of nitrogens with zero attached hydrogens (tertiary/aromatic N) is 2. The Labute approximate surface area is 107 Å². The van der Waals surface area contributed by atoms with Gasteiger partial charge in [-0.25, -0.2) is 0 Å². The van der Waals surface area contributed by atoms with Gasteiger partial charge < -0.3 is 0 Å². The molecule has 0 bridgehead atoms. The van der Waals surface area contributed by atoms with Crippen LogP contribution in [0.25, 0.3) is 11.3 Å². The predicted molar refractivity (Wildman–Crippen MR) is 72.4 cm³/mol. The fourth-order valence-corrected chi connectivity index (χ4v) is 2.13. The summed E-state index contributed by atoms with van der Waals surface area (Å²) in [6, 6.07) is 10.5. The van der Waals surface area contributed by atoms with E-state index in [-0.39, 0.29) is 0 Å². The maximum Gasteiger partial charge on any atom is 0.130 e. The Kier molecular flexibility index (Phi) is 3.53. The first-order valence-corrected chi connectivity index (χ1v) is 6.33. The quantitative estimate of drug-likeness (QED) is 0.783. The standard InChI is InChI=1S/C14H17ClN2/c1-4-10(2)17-14(15)11(3)13(16-17)12-8-6-5-7-9-12/h5-10H,4H2,1-3H3. The minimum atomic E-state index is 0.332. The summed E-state index contributed by atoms with van der Waals surface area (Å²) in [5.74, 6) is 0. The normalized spacial score (nSPS) is 12.7. The molecule has 0 aliphatic carbocycles. The van der Waals surface area contributed by atoms with Crippen LogP contribution in [-0.4, -0.2) is 9.78 Å². The highest BCUT2D eigenvalue weighted by Gasteiger charge is 2.16. The van der Waals surface area contributed by atoms with Crippen molar-refractivity contribution in [3.63, 3.8) is 0 Å². The molecule has 0 radical (unpaired) electrons. The van der Waals surface area contributed by atoms with Crippen LogP contribution in [0.2, 0.25) is 5.15 Å². The minimum absolute atomic E-state index is 0.332. The van der Waals surface area contributed by atoms with Crippen LogP contribution in [0, 0.1) is 6.92 Å². The van der Waals surface area contributed by atoms with E-state index >= 15 is 0 Å². The van der Waals surface area contributed by atoms with Gasteiger partial charge in [-0.1, -0.05) is 48.9 Å². The molecule has 0 aliphatic rings. The van der Waals surface area contributed by atoms with Crippen LogP contribution in [0.5, 0.6) is 0 Å². The lowest BCUT2D eigenvalue weighted by Gasteiger charge is -2.09. The number of hydrogen-bond donors (Lipinski definition) is 0. The summed E-state index contributed by atoms with van der Waals surface area (Å²) in [6.45, 7) is 6.30. The van der Waals surface area contributed by atoms with Crippen molar-refractivity contribution in [2.24, 2.45) is 0 Å². The molecule has 3 heteroatoms. The van der Waals surface area contributed by atoms with Crippen molar-refractivity contribution in [3.8, 4) is 11.3 Å². The van der Waals surface area contributed by atoms with E-state index in [2.05, 4.69) is 31.1 Å². The van der Waals surface area contributed by atoms with Crippen molar-refractivity contribution in [1.82, 2.24) is 9.78 Å². The first kappa shape index (κ1) is 12.2. The molecule has 1 aromatic heterocycles. The van der Waals surface area contributed by atoms with Crippen molar-refractivity contribution in [3.05, 3.63) is 41.0 Å². The number of aromatic nitrogens is 2. The van der Waals surface area contributed by atoms with E-state index in [9.17, 15) is 0 Å². The Morgan fingerprint density at radius 1 is 1.29 bits per heavy atom. The molecule has 1 aromatic carbocycles. The molecule has 2 aromatic rings. The Balaban J connectivity index is 2.50. The van der Waals surface area contributed by atoms with Crippen LogP contribution in [0.3, 0.4) is 0 Å². The third kappa shape index (κ3) is 2.22. The van der Waals surface area contributed by atoms with Gasteiger partial charge >= 0.3 is 0 Å². The van der Waals surface area contributed by atoms with E-state index < -0.39 is 0 Å². The third-order valence-electron chi connectivity index (χ3n) is 3.13. The maximum atomic E-state index is 6.34. The van der Waals surface area contributed by atoms with Gasteiger partial charge in [0.2, 0.25) is 0 Å². The maximum absolute atomic E-state index is 6.34. The summed E-state index contributed by atoms with van der Waals surface area (Å²) < 4.78 is 1.92. The molecule has 0 aliphatic heterocycles. The number of benzene rings is 1. The van der Waals surface area contributed by atoms with Gasteiger partial charge in [-0.15, -0.1) is 0 Å². The Morgan fingerprint density at radius 3 is 2.53 bits per heavy atom. The Bertz CT molecular complexity index is 502. The van der Waals surface area contributed by atoms with E-state index in [0.717, 1.165) is 28.4 Å². The summed E-state index contributed by atoms with van der Waals surface area (Å²) in [6.07, 6.45) is 1.02. The molecule has 0 saturated carbocycles. The van der Waals surface area contributed by atoms with E-state index in [1.54, 1.807) is 0 Å².